The van der Waals surface area contributed by atoms with Crippen LogP contribution in [0.1, 0.15) is 24.0 Å². The summed E-state index contributed by atoms with van der Waals surface area (Å²) in [6, 6.07) is 13.9. The summed E-state index contributed by atoms with van der Waals surface area (Å²) in [5.74, 6) is 0.0348. The molecule has 0 radical (unpaired) electrons. The molecule has 1 saturated heterocycles. The average Bonchev–Trinajstić information content (AvgIpc) is 2.55. The molecule has 0 aliphatic carbocycles. The number of rotatable bonds is 5. The van der Waals surface area contributed by atoms with Gasteiger partial charge in [-0.2, -0.15) is 0 Å². The number of hydrogen-bond acceptors (Lipinski definition) is 4. The van der Waals surface area contributed by atoms with Gasteiger partial charge in [-0.25, -0.2) is 16.8 Å². The van der Waals surface area contributed by atoms with Gasteiger partial charge in [0.1, 0.15) is 0 Å². The van der Waals surface area contributed by atoms with Gasteiger partial charge in [0.05, 0.1) is 17.2 Å². The zero-order valence-corrected chi connectivity index (χ0v) is 16.2. The molecule has 1 N–H and O–H groups in total. The van der Waals surface area contributed by atoms with Crippen LogP contribution in [0.15, 0.2) is 48.5 Å². The standard InChI is InChI=1S/C18H22N2O4S2/c1-15-13-17(19-25(21,22)14-16-7-3-2-4-8-16)9-10-18(15)20-11-5-6-12-26(20,23)24/h2-4,7-10,13,19H,5-6,11-12,14H2,1H3. The molecule has 3 rings (SSSR count). The van der Waals surface area contributed by atoms with Crippen molar-refractivity contribution < 1.29 is 16.8 Å². The Morgan fingerprint density at radius 3 is 2.46 bits per heavy atom. The summed E-state index contributed by atoms with van der Waals surface area (Å²) in [5, 5.41) is 0. The van der Waals surface area contributed by atoms with E-state index in [4.69, 9.17) is 0 Å². The van der Waals surface area contributed by atoms with Crippen LogP contribution in [0.5, 0.6) is 0 Å². The second-order valence-electron chi connectivity index (χ2n) is 6.44. The van der Waals surface area contributed by atoms with E-state index in [0.717, 1.165) is 12.0 Å². The largest absolute Gasteiger partial charge is 0.283 e. The molecule has 6 nitrogen and oxygen atoms in total. The average molecular weight is 395 g/mol. The molecule has 1 aliphatic rings. The number of aryl methyl sites for hydroxylation is 1. The Balaban J connectivity index is 1.79. The van der Waals surface area contributed by atoms with Crippen LogP contribution in [0.2, 0.25) is 0 Å². The van der Waals surface area contributed by atoms with E-state index in [1.165, 1.54) is 4.31 Å². The smallest absolute Gasteiger partial charge is 0.236 e. The molecule has 2 aromatic carbocycles. The van der Waals surface area contributed by atoms with E-state index in [9.17, 15) is 16.8 Å². The van der Waals surface area contributed by atoms with Gasteiger partial charge < -0.3 is 0 Å². The molecule has 2 aromatic rings. The Kier molecular flexibility index (Phi) is 5.24. The van der Waals surface area contributed by atoms with Gasteiger partial charge in [-0.1, -0.05) is 30.3 Å². The van der Waals surface area contributed by atoms with E-state index in [1.807, 2.05) is 6.07 Å². The van der Waals surface area contributed by atoms with E-state index in [1.54, 1.807) is 49.4 Å². The maximum absolute atomic E-state index is 12.4. The van der Waals surface area contributed by atoms with Gasteiger partial charge in [-0.05, 0) is 49.1 Å². The van der Waals surface area contributed by atoms with Crippen molar-refractivity contribution in [3.05, 3.63) is 59.7 Å². The summed E-state index contributed by atoms with van der Waals surface area (Å²) in [7, 11) is -6.84. The highest BCUT2D eigenvalue weighted by atomic mass is 32.2. The molecule has 0 amide bonds. The fourth-order valence-corrected chi connectivity index (χ4v) is 5.96. The van der Waals surface area contributed by atoms with Gasteiger partial charge in [-0.15, -0.1) is 0 Å². The number of hydrogen-bond donors (Lipinski definition) is 1. The van der Waals surface area contributed by atoms with Crippen molar-refractivity contribution in [1.29, 1.82) is 0 Å². The lowest BCUT2D eigenvalue weighted by Gasteiger charge is -2.29. The number of benzene rings is 2. The van der Waals surface area contributed by atoms with E-state index in [-0.39, 0.29) is 11.5 Å². The lowest BCUT2D eigenvalue weighted by atomic mass is 10.1. The van der Waals surface area contributed by atoms with Gasteiger partial charge in [0, 0.05) is 12.2 Å². The minimum absolute atomic E-state index is 0.116. The number of nitrogens with one attached hydrogen (secondary N) is 1. The van der Waals surface area contributed by atoms with Crippen LogP contribution in [0, 0.1) is 6.92 Å². The summed E-state index contributed by atoms with van der Waals surface area (Å²) in [5.41, 5.74) is 2.45. The first-order valence-corrected chi connectivity index (χ1v) is 11.7. The third-order valence-electron chi connectivity index (χ3n) is 4.29. The second kappa shape index (κ2) is 7.28. The molecule has 0 bridgehead atoms. The minimum atomic E-state index is -3.55. The Morgan fingerprint density at radius 1 is 1.08 bits per heavy atom. The van der Waals surface area contributed by atoms with Crippen molar-refractivity contribution in [3.63, 3.8) is 0 Å². The van der Waals surface area contributed by atoms with E-state index in [0.29, 0.717) is 29.9 Å². The molecular formula is C18H22N2O4S2. The van der Waals surface area contributed by atoms with Gasteiger partial charge in [0.25, 0.3) is 0 Å². The summed E-state index contributed by atoms with van der Waals surface area (Å²) in [6.45, 7) is 2.25. The lowest BCUT2D eigenvalue weighted by Crippen LogP contribution is -2.38. The Labute approximate surface area is 155 Å². The SMILES string of the molecule is Cc1cc(NS(=O)(=O)Cc2ccccc2)ccc1N1CCCCS1(=O)=O. The van der Waals surface area contributed by atoms with Gasteiger partial charge in [0.2, 0.25) is 20.0 Å². The molecule has 140 valence electrons. The predicted octanol–water partition coefficient (Wildman–Crippen LogP) is 2.87. The van der Waals surface area contributed by atoms with Crippen molar-refractivity contribution in [2.24, 2.45) is 0 Å². The predicted molar refractivity (Wildman–Crippen MR) is 104 cm³/mol. The van der Waals surface area contributed by atoms with Crippen molar-refractivity contribution in [2.75, 3.05) is 21.3 Å². The van der Waals surface area contributed by atoms with Crippen LogP contribution in [0.4, 0.5) is 11.4 Å². The van der Waals surface area contributed by atoms with Crippen LogP contribution in [-0.2, 0) is 25.8 Å². The number of sulfonamides is 2. The quantitative estimate of drug-likeness (QED) is 0.845. The first-order chi connectivity index (χ1) is 12.3. The Hall–Kier alpha value is -2.06. The molecular weight excluding hydrogens is 372 g/mol. The highest BCUT2D eigenvalue weighted by molar-refractivity contribution is 7.92. The van der Waals surface area contributed by atoms with Crippen LogP contribution >= 0.6 is 0 Å². The summed E-state index contributed by atoms with van der Waals surface area (Å²) in [6.07, 6.45) is 1.50. The van der Waals surface area contributed by atoms with Crippen LogP contribution in [-0.4, -0.2) is 29.1 Å². The van der Waals surface area contributed by atoms with Crippen molar-refractivity contribution >= 4 is 31.4 Å². The van der Waals surface area contributed by atoms with E-state index < -0.39 is 20.0 Å². The van der Waals surface area contributed by atoms with Crippen molar-refractivity contribution in [2.45, 2.75) is 25.5 Å². The van der Waals surface area contributed by atoms with Crippen LogP contribution < -0.4 is 9.03 Å². The van der Waals surface area contributed by atoms with Crippen molar-refractivity contribution in [1.82, 2.24) is 0 Å². The normalized spacial score (nSPS) is 17.0. The molecule has 1 aliphatic heterocycles. The van der Waals surface area contributed by atoms with Gasteiger partial charge in [-0.3, -0.25) is 9.03 Å². The fraction of sp³-hybridized carbons (Fsp3) is 0.333. The molecule has 0 aromatic heterocycles. The van der Waals surface area contributed by atoms with Crippen LogP contribution in [0.25, 0.3) is 0 Å². The summed E-state index contributed by atoms with van der Waals surface area (Å²) < 4.78 is 53.2. The molecule has 1 heterocycles. The first-order valence-electron chi connectivity index (χ1n) is 8.42. The topological polar surface area (TPSA) is 83.6 Å². The molecule has 26 heavy (non-hydrogen) atoms. The molecule has 1 fully saturated rings. The maximum Gasteiger partial charge on any atom is 0.236 e. The van der Waals surface area contributed by atoms with Crippen LogP contribution in [0.3, 0.4) is 0 Å². The highest BCUT2D eigenvalue weighted by Crippen LogP contribution is 2.29. The third-order valence-corrected chi connectivity index (χ3v) is 7.40. The molecule has 0 unspecified atom stereocenters. The fourth-order valence-electron chi connectivity index (χ4n) is 3.07. The van der Waals surface area contributed by atoms with Gasteiger partial charge in [0.15, 0.2) is 0 Å². The van der Waals surface area contributed by atoms with E-state index in [2.05, 4.69) is 4.72 Å². The molecule has 0 saturated carbocycles. The zero-order valence-electron chi connectivity index (χ0n) is 14.6. The summed E-state index contributed by atoms with van der Waals surface area (Å²) >= 11 is 0. The summed E-state index contributed by atoms with van der Waals surface area (Å²) in [4.78, 5) is 0. The van der Waals surface area contributed by atoms with Crippen molar-refractivity contribution in [3.8, 4) is 0 Å². The zero-order chi connectivity index (χ0) is 18.8. The Bertz CT molecular complexity index is 987. The third kappa shape index (κ3) is 4.37. The lowest BCUT2D eigenvalue weighted by molar-refractivity contribution is 0.574. The second-order valence-corrected chi connectivity index (χ2v) is 10.2. The molecule has 0 spiro atoms. The van der Waals surface area contributed by atoms with E-state index >= 15 is 0 Å². The van der Waals surface area contributed by atoms with Gasteiger partial charge >= 0.3 is 0 Å². The molecule has 8 heteroatoms. The monoisotopic (exact) mass is 394 g/mol. The first kappa shape index (κ1) is 18.7. The number of nitrogens with zero attached hydrogens (tertiary/aromatic N) is 1. The minimum Gasteiger partial charge on any atom is -0.283 e. The highest BCUT2D eigenvalue weighted by Gasteiger charge is 2.27. The number of anilines is 2. The maximum atomic E-state index is 12.4. The molecule has 0 atom stereocenters. The Morgan fingerprint density at radius 2 is 1.81 bits per heavy atom.